The van der Waals surface area contributed by atoms with Crippen molar-refractivity contribution in [1.29, 1.82) is 0 Å². The molecule has 3 N–H and O–H groups in total. The van der Waals surface area contributed by atoms with E-state index in [1.807, 2.05) is 34.6 Å². The highest BCUT2D eigenvalue weighted by molar-refractivity contribution is 5.76. The lowest BCUT2D eigenvalue weighted by Gasteiger charge is -2.18. The molecule has 5 nitrogen and oxygen atoms in total. The van der Waals surface area contributed by atoms with Crippen LogP contribution in [0.25, 0.3) is 0 Å². The molecular weight excluding hydrogens is 254 g/mol. The lowest BCUT2D eigenvalue weighted by Crippen LogP contribution is -2.35. The number of H-pyrrole nitrogens is 1. The molecule has 5 heteroatoms. The maximum Gasteiger partial charge on any atom is 0.220 e. The van der Waals surface area contributed by atoms with Crippen LogP contribution in [0.5, 0.6) is 0 Å². The number of aromatic amines is 1. The minimum Gasteiger partial charge on any atom is -0.391 e. The maximum absolute atomic E-state index is 11.9. The second-order valence-corrected chi connectivity index (χ2v) is 5.71. The Balaban J connectivity index is 2.47. The Morgan fingerprint density at radius 3 is 2.55 bits per heavy atom. The SMILES string of the molecule is CCC(C)C(O)CNC(=O)CC(C)c1c(C)n[nH]c1C. The van der Waals surface area contributed by atoms with Gasteiger partial charge in [0.1, 0.15) is 0 Å². The predicted octanol–water partition coefficient (Wildman–Crippen LogP) is 2.04. The van der Waals surface area contributed by atoms with Crippen LogP contribution in [0.1, 0.15) is 56.5 Å². The van der Waals surface area contributed by atoms with Gasteiger partial charge >= 0.3 is 0 Å². The third kappa shape index (κ3) is 4.34. The van der Waals surface area contributed by atoms with Crippen LogP contribution < -0.4 is 5.32 Å². The van der Waals surface area contributed by atoms with Crippen LogP contribution in [0.2, 0.25) is 0 Å². The number of aliphatic hydroxyl groups is 1. The fraction of sp³-hybridized carbons (Fsp3) is 0.733. The summed E-state index contributed by atoms with van der Waals surface area (Å²) in [6.07, 6.45) is 0.839. The molecule has 0 aliphatic rings. The number of aromatic nitrogens is 2. The van der Waals surface area contributed by atoms with Crippen molar-refractivity contribution in [3.05, 3.63) is 17.0 Å². The Morgan fingerprint density at radius 1 is 1.40 bits per heavy atom. The zero-order valence-electron chi connectivity index (χ0n) is 13.2. The van der Waals surface area contributed by atoms with Crippen molar-refractivity contribution in [3.63, 3.8) is 0 Å². The van der Waals surface area contributed by atoms with Crippen LogP contribution in [-0.4, -0.2) is 33.9 Å². The molecule has 20 heavy (non-hydrogen) atoms. The number of carbonyl (C=O) groups is 1. The van der Waals surface area contributed by atoms with Gasteiger partial charge in [0.25, 0.3) is 0 Å². The first-order chi connectivity index (χ1) is 9.36. The standard InChI is InChI=1S/C15H27N3O2/c1-6-9(2)13(19)8-16-14(20)7-10(3)15-11(4)17-18-12(15)5/h9-10,13,19H,6-8H2,1-5H3,(H,16,20)(H,17,18). The van der Waals surface area contributed by atoms with Crippen molar-refractivity contribution in [2.24, 2.45) is 5.92 Å². The second-order valence-electron chi connectivity index (χ2n) is 5.71. The van der Waals surface area contributed by atoms with Crippen molar-refractivity contribution < 1.29 is 9.90 Å². The van der Waals surface area contributed by atoms with E-state index in [-0.39, 0.29) is 17.7 Å². The molecule has 0 bridgehead atoms. The molecule has 0 aliphatic heterocycles. The minimum absolute atomic E-state index is 0.0279. The van der Waals surface area contributed by atoms with E-state index < -0.39 is 6.10 Å². The maximum atomic E-state index is 11.9. The average Bonchev–Trinajstić information content (AvgIpc) is 2.74. The lowest BCUT2D eigenvalue weighted by atomic mass is 9.95. The molecule has 0 fully saturated rings. The molecule has 114 valence electrons. The third-order valence-electron chi connectivity index (χ3n) is 3.98. The number of rotatable bonds is 7. The molecule has 1 rings (SSSR count). The minimum atomic E-state index is -0.475. The largest absolute Gasteiger partial charge is 0.391 e. The molecule has 1 heterocycles. The summed E-state index contributed by atoms with van der Waals surface area (Å²) in [6.45, 7) is 10.3. The molecule has 1 aromatic heterocycles. The van der Waals surface area contributed by atoms with E-state index in [4.69, 9.17) is 0 Å². The zero-order chi connectivity index (χ0) is 15.3. The molecule has 0 aliphatic carbocycles. The third-order valence-corrected chi connectivity index (χ3v) is 3.98. The fourth-order valence-electron chi connectivity index (χ4n) is 2.43. The van der Waals surface area contributed by atoms with E-state index in [1.165, 1.54) is 0 Å². The Kier molecular flexibility index (Phi) is 6.20. The topological polar surface area (TPSA) is 78.0 Å². The fourth-order valence-corrected chi connectivity index (χ4v) is 2.43. The monoisotopic (exact) mass is 281 g/mol. The first kappa shape index (κ1) is 16.7. The van der Waals surface area contributed by atoms with Gasteiger partial charge in [0, 0.05) is 18.7 Å². The van der Waals surface area contributed by atoms with Crippen LogP contribution >= 0.6 is 0 Å². The highest BCUT2D eigenvalue weighted by Gasteiger charge is 2.19. The van der Waals surface area contributed by atoms with Crippen molar-refractivity contribution >= 4 is 5.91 Å². The molecule has 1 amide bonds. The van der Waals surface area contributed by atoms with E-state index in [0.29, 0.717) is 13.0 Å². The smallest absolute Gasteiger partial charge is 0.220 e. The van der Waals surface area contributed by atoms with Gasteiger partial charge in [0.2, 0.25) is 5.91 Å². The summed E-state index contributed by atoms with van der Waals surface area (Å²) in [5, 5.41) is 19.8. The lowest BCUT2D eigenvalue weighted by molar-refractivity contribution is -0.122. The number of amides is 1. The number of aliphatic hydroxyl groups excluding tert-OH is 1. The Labute approximate surface area is 121 Å². The Hall–Kier alpha value is -1.36. The Bertz CT molecular complexity index is 423. The van der Waals surface area contributed by atoms with Crippen LogP contribution in [0.3, 0.4) is 0 Å². The molecule has 0 aromatic carbocycles. The number of carbonyl (C=O) groups excluding carboxylic acids is 1. The molecule has 0 saturated carbocycles. The van der Waals surface area contributed by atoms with Crippen molar-refractivity contribution in [2.75, 3.05) is 6.54 Å². The summed E-state index contributed by atoms with van der Waals surface area (Å²) in [7, 11) is 0. The van der Waals surface area contributed by atoms with Gasteiger partial charge in [-0.1, -0.05) is 27.2 Å². The van der Waals surface area contributed by atoms with Crippen LogP contribution in [0.4, 0.5) is 0 Å². The summed E-state index contributed by atoms with van der Waals surface area (Å²) in [6, 6.07) is 0. The average molecular weight is 281 g/mol. The molecule has 1 aromatic rings. The van der Waals surface area contributed by atoms with Gasteiger partial charge in [-0.15, -0.1) is 0 Å². The number of hydrogen-bond acceptors (Lipinski definition) is 3. The highest BCUT2D eigenvalue weighted by atomic mass is 16.3. The van der Waals surface area contributed by atoms with Gasteiger partial charge in [-0.3, -0.25) is 9.89 Å². The van der Waals surface area contributed by atoms with E-state index in [0.717, 1.165) is 23.4 Å². The van der Waals surface area contributed by atoms with Gasteiger partial charge in [0.15, 0.2) is 0 Å². The molecule has 0 radical (unpaired) electrons. The van der Waals surface area contributed by atoms with Crippen LogP contribution in [0.15, 0.2) is 0 Å². The van der Waals surface area contributed by atoms with E-state index >= 15 is 0 Å². The van der Waals surface area contributed by atoms with Gasteiger partial charge in [-0.05, 0) is 31.2 Å². The zero-order valence-corrected chi connectivity index (χ0v) is 13.2. The summed E-state index contributed by atoms with van der Waals surface area (Å²) in [5.74, 6) is 0.292. The first-order valence-corrected chi connectivity index (χ1v) is 7.33. The summed E-state index contributed by atoms with van der Waals surface area (Å²) in [4.78, 5) is 11.9. The van der Waals surface area contributed by atoms with Crippen molar-refractivity contribution in [3.8, 4) is 0 Å². The van der Waals surface area contributed by atoms with E-state index in [9.17, 15) is 9.90 Å². The summed E-state index contributed by atoms with van der Waals surface area (Å²) < 4.78 is 0. The summed E-state index contributed by atoms with van der Waals surface area (Å²) in [5.41, 5.74) is 3.08. The second kappa shape index (κ2) is 7.43. The Morgan fingerprint density at radius 2 is 2.05 bits per heavy atom. The number of nitrogens with one attached hydrogen (secondary N) is 2. The van der Waals surface area contributed by atoms with E-state index in [2.05, 4.69) is 15.5 Å². The molecule has 3 atom stereocenters. The quantitative estimate of drug-likeness (QED) is 0.715. The number of aryl methyl sites for hydroxylation is 2. The van der Waals surface area contributed by atoms with Gasteiger partial charge < -0.3 is 10.4 Å². The normalized spacial score (nSPS) is 15.7. The molecular formula is C15H27N3O2. The van der Waals surface area contributed by atoms with Crippen LogP contribution in [0, 0.1) is 19.8 Å². The van der Waals surface area contributed by atoms with Crippen LogP contribution in [-0.2, 0) is 4.79 Å². The predicted molar refractivity (Wildman–Crippen MR) is 79.6 cm³/mol. The first-order valence-electron chi connectivity index (χ1n) is 7.33. The van der Waals surface area contributed by atoms with Gasteiger partial charge in [-0.2, -0.15) is 5.10 Å². The highest BCUT2D eigenvalue weighted by Crippen LogP contribution is 2.24. The number of hydrogen-bond donors (Lipinski definition) is 3. The van der Waals surface area contributed by atoms with Gasteiger partial charge in [-0.25, -0.2) is 0 Å². The molecule has 0 saturated heterocycles. The van der Waals surface area contributed by atoms with E-state index in [1.54, 1.807) is 0 Å². The van der Waals surface area contributed by atoms with Crippen molar-refractivity contribution in [1.82, 2.24) is 15.5 Å². The summed E-state index contributed by atoms with van der Waals surface area (Å²) >= 11 is 0. The van der Waals surface area contributed by atoms with Gasteiger partial charge in [0.05, 0.1) is 11.8 Å². The molecule has 0 spiro atoms. The number of nitrogens with zero attached hydrogens (tertiary/aromatic N) is 1. The molecule has 3 unspecified atom stereocenters. The van der Waals surface area contributed by atoms with Crippen molar-refractivity contribution in [2.45, 2.75) is 59.5 Å².